The number of thiophene rings is 2. The van der Waals surface area contributed by atoms with Crippen LogP contribution in [-0.4, -0.2) is 18.5 Å². The molecule has 4 rings (SSSR count). The summed E-state index contributed by atoms with van der Waals surface area (Å²) < 4.78 is 12.1. The third kappa shape index (κ3) is 6.71. The smallest absolute Gasteiger partial charge is 0.124 e. The van der Waals surface area contributed by atoms with E-state index in [2.05, 4.69) is 71.7 Å². The second kappa shape index (κ2) is 13.8. The van der Waals surface area contributed by atoms with Crippen LogP contribution in [0.1, 0.15) is 111 Å². The van der Waals surface area contributed by atoms with E-state index in [-0.39, 0.29) is 0 Å². The summed E-state index contributed by atoms with van der Waals surface area (Å²) in [5.41, 5.74) is 5.11. The molecule has 2 nitrogen and oxygen atoms in total. The van der Waals surface area contributed by atoms with Crippen molar-refractivity contribution < 1.29 is 0 Å². The highest BCUT2D eigenvalue weighted by Crippen LogP contribution is 2.39. The molecule has 0 bridgehead atoms. The fourth-order valence-electron chi connectivity index (χ4n) is 4.98. The number of halogens is 2. The van der Waals surface area contributed by atoms with Gasteiger partial charge in [0.1, 0.15) is 11.4 Å². The average Bonchev–Trinajstić information content (AvgIpc) is 3.63. The molecule has 196 valence electrons. The highest BCUT2D eigenvalue weighted by molar-refractivity contribution is 9.11. The van der Waals surface area contributed by atoms with Gasteiger partial charge in [-0.2, -0.15) is 8.75 Å². The van der Waals surface area contributed by atoms with Crippen molar-refractivity contribution in [1.82, 2.24) is 8.75 Å². The standard InChI is InChI=1S/C28H36Br2N2S4/c1-5-9-11-17(7-3)13-19-15-21(29)33-25(19)27-23-24(32-36-31-23)28(35-27)26-20(16-22(30)34-26)14-18(8-4)12-10-6-2/h15-18H,5-14H2,1-4H3. The van der Waals surface area contributed by atoms with Crippen LogP contribution in [0.5, 0.6) is 0 Å². The van der Waals surface area contributed by atoms with Crippen LogP contribution in [-0.2, 0) is 12.8 Å². The van der Waals surface area contributed by atoms with Crippen molar-refractivity contribution in [2.45, 2.75) is 91.9 Å². The molecule has 1 aliphatic heterocycles. The molecule has 0 aliphatic carbocycles. The van der Waals surface area contributed by atoms with Crippen LogP contribution in [0.3, 0.4) is 0 Å². The lowest BCUT2D eigenvalue weighted by Crippen LogP contribution is -2.08. The molecule has 0 N–H and O–H groups in total. The van der Waals surface area contributed by atoms with Gasteiger partial charge >= 0.3 is 0 Å². The van der Waals surface area contributed by atoms with Gasteiger partial charge in [0.15, 0.2) is 0 Å². The van der Waals surface area contributed by atoms with E-state index >= 15 is 0 Å². The molecule has 4 heterocycles. The van der Waals surface area contributed by atoms with Crippen LogP contribution in [0.15, 0.2) is 19.7 Å². The summed E-state index contributed by atoms with van der Waals surface area (Å²) in [4.78, 5) is 5.38. The largest absolute Gasteiger partial charge is 0.171 e. The molecule has 2 unspecified atom stereocenters. The van der Waals surface area contributed by atoms with Crippen molar-refractivity contribution in [3.8, 4) is 0 Å². The Bertz CT molecular complexity index is 1140. The van der Waals surface area contributed by atoms with Crippen LogP contribution in [0.25, 0.3) is 0 Å². The molecule has 3 aromatic rings. The molecular weight excluding hydrogens is 652 g/mol. The lowest BCUT2D eigenvalue weighted by atomic mass is 9.91. The molecule has 2 atom stereocenters. The molecule has 0 spiro atoms. The Morgan fingerprint density at radius 1 is 0.722 bits per heavy atom. The molecular formula is C28H36Br2N2S4. The van der Waals surface area contributed by atoms with Gasteiger partial charge < -0.3 is 0 Å². The van der Waals surface area contributed by atoms with Crippen molar-refractivity contribution in [2.75, 3.05) is 0 Å². The van der Waals surface area contributed by atoms with Crippen LogP contribution in [0.2, 0.25) is 0 Å². The number of hydrogen-bond donors (Lipinski definition) is 0. The van der Waals surface area contributed by atoms with Crippen molar-refractivity contribution in [1.29, 1.82) is 0 Å². The van der Waals surface area contributed by atoms with Crippen LogP contribution in [0.4, 0.5) is 0 Å². The Labute approximate surface area is 249 Å². The van der Waals surface area contributed by atoms with Gasteiger partial charge in [0, 0.05) is 0 Å². The van der Waals surface area contributed by atoms with Crippen LogP contribution >= 0.6 is 77.2 Å². The maximum absolute atomic E-state index is 4.82. The number of unbranched alkanes of at least 4 members (excludes halogenated alkanes) is 2. The summed E-state index contributed by atoms with van der Waals surface area (Å²) >= 11 is 12.7. The van der Waals surface area contributed by atoms with E-state index in [1.165, 1.54) is 101 Å². The SMILES string of the molecule is CCCCC(CC)Cc1cc(Br)sc1C1=S=C(c2sc(Br)cc2CC(CC)CCCC)c2nsnc21. The first-order chi connectivity index (χ1) is 17.5. The monoisotopic (exact) mass is 686 g/mol. The number of hydrogen-bond acceptors (Lipinski definition) is 5. The minimum Gasteiger partial charge on any atom is -0.171 e. The maximum Gasteiger partial charge on any atom is 0.124 e. The molecule has 0 radical (unpaired) electrons. The molecule has 0 saturated carbocycles. The van der Waals surface area contributed by atoms with Gasteiger partial charge in [-0.15, -0.1) is 33.6 Å². The summed E-state index contributed by atoms with van der Waals surface area (Å²) in [6, 6.07) is 4.71. The third-order valence-corrected chi connectivity index (χ3v) is 12.6. The van der Waals surface area contributed by atoms with Gasteiger partial charge in [-0.3, -0.25) is 0 Å². The van der Waals surface area contributed by atoms with Gasteiger partial charge in [-0.05, 0) is 79.8 Å². The van der Waals surface area contributed by atoms with Crippen molar-refractivity contribution in [2.24, 2.45) is 11.8 Å². The molecule has 8 heteroatoms. The summed E-state index contributed by atoms with van der Waals surface area (Å²) in [7, 11) is 1.91. The minimum absolute atomic E-state index is 0.739. The first-order valence-electron chi connectivity index (χ1n) is 13.3. The second-order valence-electron chi connectivity index (χ2n) is 9.77. The zero-order valence-electron chi connectivity index (χ0n) is 21.7. The van der Waals surface area contributed by atoms with Gasteiger partial charge in [-0.1, -0.05) is 79.1 Å². The quantitative estimate of drug-likeness (QED) is 0.123. The lowest BCUT2D eigenvalue weighted by molar-refractivity contribution is 0.449. The normalized spacial score (nSPS) is 14.8. The number of rotatable bonds is 14. The van der Waals surface area contributed by atoms with Crippen molar-refractivity contribution >= 4 is 86.9 Å². The first-order valence-corrected chi connectivity index (χ1v) is 18.1. The highest BCUT2D eigenvalue weighted by Gasteiger charge is 2.30. The Hall–Kier alpha value is -0.120. The van der Waals surface area contributed by atoms with E-state index in [4.69, 9.17) is 8.75 Å². The van der Waals surface area contributed by atoms with Crippen molar-refractivity contribution in [3.05, 3.63) is 52.0 Å². The summed E-state index contributed by atoms with van der Waals surface area (Å²) in [5.74, 6) is 1.48. The summed E-state index contributed by atoms with van der Waals surface area (Å²) in [6.07, 6.45) is 12.6. The number of fused-ring (bicyclic) bond motifs is 1. The van der Waals surface area contributed by atoms with E-state index in [0.29, 0.717) is 0 Å². The van der Waals surface area contributed by atoms with E-state index in [1.54, 1.807) is 0 Å². The van der Waals surface area contributed by atoms with Gasteiger partial charge in [-0.25, -0.2) is 0 Å². The van der Waals surface area contributed by atoms with Crippen molar-refractivity contribution in [3.63, 3.8) is 0 Å². The van der Waals surface area contributed by atoms with Gasteiger partial charge in [0.2, 0.25) is 0 Å². The van der Waals surface area contributed by atoms with E-state index < -0.39 is 0 Å². The van der Waals surface area contributed by atoms with E-state index in [0.717, 1.165) is 36.1 Å². The number of aromatic nitrogens is 2. The predicted molar refractivity (Wildman–Crippen MR) is 172 cm³/mol. The highest BCUT2D eigenvalue weighted by atomic mass is 79.9. The Kier molecular flexibility index (Phi) is 11.1. The molecule has 0 aromatic carbocycles. The van der Waals surface area contributed by atoms with E-state index in [1.807, 2.05) is 33.6 Å². The zero-order valence-corrected chi connectivity index (χ0v) is 28.1. The Balaban J connectivity index is 1.74. The van der Waals surface area contributed by atoms with Crippen LogP contribution in [0, 0.1) is 11.8 Å². The van der Waals surface area contributed by atoms with Gasteiger partial charge in [0.25, 0.3) is 0 Å². The fourth-order valence-corrected chi connectivity index (χ4v) is 10.5. The lowest BCUT2D eigenvalue weighted by Gasteiger charge is -2.14. The van der Waals surface area contributed by atoms with Crippen LogP contribution < -0.4 is 0 Å². The molecule has 0 fully saturated rings. The molecule has 36 heavy (non-hydrogen) atoms. The van der Waals surface area contributed by atoms with Gasteiger partial charge in [0.05, 0.1) is 38.8 Å². The Morgan fingerprint density at radius 2 is 1.17 bits per heavy atom. The average molecular weight is 689 g/mol. The maximum atomic E-state index is 4.82. The zero-order chi connectivity index (χ0) is 25.7. The minimum atomic E-state index is 0.739. The summed E-state index contributed by atoms with van der Waals surface area (Å²) in [5, 5.41) is 0. The third-order valence-electron chi connectivity index (χ3n) is 7.20. The molecule has 0 amide bonds. The first kappa shape index (κ1) is 28.9. The second-order valence-corrected chi connectivity index (χ2v) is 16.2. The fraction of sp³-hybridized carbons (Fsp3) is 0.571. The molecule has 3 aromatic heterocycles. The number of nitrogens with zero attached hydrogens (tertiary/aromatic N) is 2. The Morgan fingerprint density at radius 3 is 1.56 bits per heavy atom. The predicted octanol–water partition coefficient (Wildman–Crippen LogP) is 10.6. The topological polar surface area (TPSA) is 25.8 Å². The molecule has 1 aliphatic rings. The molecule has 0 saturated heterocycles. The van der Waals surface area contributed by atoms with E-state index in [9.17, 15) is 0 Å². The summed E-state index contributed by atoms with van der Waals surface area (Å²) in [6.45, 7) is 9.27.